The van der Waals surface area contributed by atoms with E-state index in [9.17, 15) is 9.90 Å². The maximum atomic E-state index is 11.8. The zero-order valence-electron chi connectivity index (χ0n) is 12.8. The lowest BCUT2D eigenvalue weighted by atomic mass is 10.0. The molecule has 0 spiro atoms. The van der Waals surface area contributed by atoms with Gasteiger partial charge in [-0.15, -0.1) is 6.58 Å². The van der Waals surface area contributed by atoms with Crippen molar-refractivity contribution in [2.45, 2.75) is 45.3 Å². The van der Waals surface area contributed by atoms with Gasteiger partial charge >= 0.3 is 6.03 Å². The summed E-state index contributed by atoms with van der Waals surface area (Å²) in [5, 5.41) is 15.2. The van der Waals surface area contributed by atoms with E-state index in [1.807, 2.05) is 13.0 Å². The third kappa shape index (κ3) is 6.91. The van der Waals surface area contributed by atoms with E-state index in [-0.39, 0.29) is 24.1 Å². The van der Waals surface area contributed by atoms with Crippen molar-refractivity contribution in [1.82, 2.24) is 15.5 Å². The highest BCUT2D eigenvalue weighted by atomic mass is 16.3. The third-order valence-corrected chi connectivity index (χ3v) is 3.66. The summed E-state index contributed by atoms with van der Waals surface area (Å²) in [6.07, 6.45) is 4.29. The summed E-state index contributed by atoms with van der Waals surface area (Å²) in [5.41, 5.74) is 0. The van der Waals surface area contributed by atoms with Gasteiger partial charge in [0.15, 0.2) is 0 Å². The van der Waals surface area contributed by atoms with Crippen molar-refractivity contribution in [2.24, 2.45) is 5.92 Å². The predicted molar refractivity (Wildman–Crippen MR) is 81.7 cm³/mol. The molecule has 0 radical (unpaired) electrons. The Morgan fingerprint density at radius 1 is 1.45 bits per heavy atom. The Labute approximate surface area is 122 Å². The molecule has 2 unspecified atom stereocenters. The number of aliphatic hydroxyl groups excluding tert-OH is 1. The number of nitrogens with one attached hydrogen (secondary N) is 2. The largest absolute Gasteiger partial charge is 0.393 e. The number of nitrogens with zero attached hydrogens (tertiary/aromatic N) is 1. The average molecular weight is 283 g/mol. The number of urea groups is 1. The van der Waals surface area contributed by atoms with Gasteiger partial charge in [0.2, 0.25) is 0 Å². The molecule has 5 heteroatoms. The van der Waals surface area contributed by atoms with Crippen LogP contribution in [0, 0.1) is 5.92 Å². The summed E-state index contributed by atoms with van der Waals surface area (Å²) in [6.45, 7) is 11.1. The number of aliphatic hydroxyl groups is 1. The number of carbonyl (C=O) groups excluding carboxylic acids is 1. The summed E-state index contributed by atoms with van der Waals surface area (Å²) in [6, 6.07) is 0.174. The Kier molecular flexibility index (Phi) is 7.62. The summed E-state index contributed by atoms with van der Waals surface area (Å²) >= 11 is 0. The summed E-state index contributed by atoms with van der Waals surface area (Å²) in [4.78, 5) is 14.1. The number of hydrogen-bond acceptors (Lipinski definition) is 3. The fraction of sp³-hybridized carbons (Fsp3) is 0.800. The van der Waals surface area contributed by atoms with Crippen LogP contribution in [0.2, 0.25) is 0 Å². The highest BCUT2D eigenvalue weighted by Crippen LogP contribution is 2.10. The van der Waals surface area contributed by atoms with Gasteiger partial charge in [-0.25, -0.2) is 4.79 Å². The first-order chi connectivity index (χ1) is 9.51. The van der Waals surface area contributed by atoms with Crippen LogP contribution in [-0.2, 0) is 0 Å². The molecule has 1 aliphatic heterocycles. The molecular formula is C15H29N3O2. The average Bonchev–Trinajstić information content (AvgIpc) is 2.38. The number of likely N-dealkylation sites (tertiary alicyclic amines) is 1. The van der Waals surface area contributed by atoms with Crippen LogP contribution >= 0.6 is 0 Å². The molecule has 0 bridgehead atoms. The molecule has 1 fully saturated rings. The quantitative estimate of drug-likeness (QED) is 0.618. The lowest BCUT2D eigenvalue weighted by molar-refractivity contribution is 0.162. The van der Waals surface area contributed by atoms with E-state index in [0.717, 1.165) is 32.5 Å². The molecule has 0 saturated carbocycles. The molecule has 3 N–H and O–H groups in total. The van der Waals surface area contributed by atoms with Crippen LogP contribution in [0.1, 0.15) is 33.1 Å². The van der Waals surface area contributed by atoms with Crippen molar-refractivity contribution in [1.29, 1.82) is 0 Å². The van der Waals surface area contributed by atoms with Crippen molar-refractivity contribution in [3.05, 3.63) is 12.7 Å². The fourth-order valence-corrected chi connectivity index (χ4v) is 2.61. The van der Waals surface area contributed by atoms with Crippen LogP contribution in [0.15, 0.2) is 12.7 Å². The van der Waals surface area contributed by atoms with Gasteiger partial charge in [0.1, 0.15) is 0 Å². The van der Waals surface area contributed by atoms with Crippen molar-refractivity contribution in [3.63, 3.8) is 0 Å². The lowest BCUT2D eigenvalue weighted by Crippen LogP contribution is -2.48. The second kappa shape index (κ2) is 8.97. The van der Waals surface area contributed by atoms with E-state index in [2.05, 4.69) is 22.1 Å². The topological polar surface area (TPSA) is 64.6 Å². The number of piperidine rings is 1. The van der Waals surface area contributed by atoms with Crippen molar-refractivity contribution in [2.75, 3.05) is 26.2 Å². The molecule has 2 amide bonds. The molecule has 0 aromatic carbocycles. The predicted octanol–water partition coefficient (Wildman–Crippen LogP) is 1.34. The van der Waals surface area contributed by atoms with Crippen LogP contribution in [0.25, 0.3) is 0 Å². The summed E-state index contributed by atoms with van der Waals surface area (Å²) in [7, 11) is 0. The van der Waals surface area contributed by atoms with E-state index >= 15 is 0 Å². The third-order valence-electron chi connectivity index (χ3n) is 3.66. The molecule has 1 saturated heterocycles. The minimum Gasteiger partial charge on any atom is -0.393 e. The van der Waals surface area contributed by atoms with Crippen LogP contribution in [0.5, 0.6) is 0 Å². The first-order valence-electron chi connectivity index (χ1n) is 7.57. The van der Waals surface area contributed by atoms with Gasteiger partial charge in [-0.3, -0.25) is 4.90 Å². The Morgan fingerprint density at radius 3 is 2.65 bits per heavy atom. The Balaban J connectivity index is 2.15. The van der Waals surface area contributed by atoms with Crippen molar-refractivity contribution >= 4 is 6.03 Å². The molecule has 2 atom stereocenters. The number of amides is 2. The summed E-state index contributed by atoms with van der Waals surface area (Å²) < 4.78 is 0. The Bertz CT molecular complexity index is 299. The molecule has 1 rings (SSSR count). The van der Waals surface area contributed by atoms with Gasteiger partial charge in [0, 0.05) is 32.2 Å². The van der Waals surface area contributed by atoms with Crippen molar-refractivity contribution in [3.8, 4) is 0 Å². The van der Waals surface area contributed by atoms with Gasteiger partial charge in [0.05, 0.1) is 6.10 Å². The van der Waals surface area contributed by atoms with Gasteiger partial charge < -0.3 is 15.7 Å². The first-order valence-corrected chi connectivity index (χ1v) is 7.57. The second-order valence-corrected chi connectivity index (χ2v) is 5.91. The highest BCUT2D eigenvalue weighted by Gasteiger charge is 2.19. The molecule has 116 valence electrons. The van der Waals surface area contributed by atoms with Gasteiger partial charge in [-0.2, -0.15) is 0 Å². The van der Waals surface area contributed by atoms with Crippen molar-refractivity contribution < 1.29 is 9.90 Å². The molecule has 0 aromatic heterocycles. The number of hydrogen-bond donors (Lipinski definition) is 3. The normalized spacial score (nSPS) is 20.1. The maximum absolute atomic E-state index is 11.8. The van der Waals surface area contributed by atoms with Gasteiger partial charge in [-0.1, -0.05) is 13.0 Å². The van der Waals surface area contributed by atoms with E-state index in [0.29, 0.717) is 13.0 Å². The van der Waals surface area contributed by atoms with Gasteiger partial charge in [0.25, 0.3) is 0 Å². The molecule has 0 aromatic rings. The van der Waals surface area contributed by atoms with E-state index in [4.69, 9.17) is 0 Å². The molecular weight excluding hydrogens is 254 g/mol. The zero-order valence-corrected chi connectivity index (χ0v) is 12.8. The SMILES string of the molecule is C=CCN1CCC(NC(=O)NCC(C)CC(C)O)CC1. The first kappa shape index (κ1) is 17.0. The Hall–Kier alpha value is -1.07. The Morgan fingerprint density at radius 2 is 2.10 bits per heavy atom. The van der Waals surface area contributed by atoms with E-state index < -0.39 is 0 Å². The second-order valence-electron chi connectivity index (χ2n) is 5.91. The fourth-order valence-electron chi connectivity index (χ4n) is 2.61. The smallest absolute Gasteiger partial charge is 0.315 e. The van der Waals surface area contributed by atoms with Crippen LogP contribution in [0.4, 0.5) is 4.79 Å². The number of carbonyl (C=O) groups is 1. The van der Waals surface area contributed by atoms with E-state index in [1.54, 1.807) is 6.92 Å². The minimum absolute atomic E-state index is 0.0930. The number of rotatable bonds is 7. The molecule has 1 heterocycles. The molecule has 5 nitrogen and oxygen atoms in total. The maximum Gasteiger partial charge on any atom is 0.315 e. The van der Waals surface area contributed by atoms with Gasteiger partial charge in [-0.05, 0) is 32.1 Å². The molecule has 0 aliphatic carbocycles. The van der Waals surface area contributed by atoms with Crippen LogP contribution in [0.3, 0.4) is 0 Å². The van der Waals surface area contributed by atoms with E-state index in [1.165, 1.54) is 0 Å². The zero-order chi connectivity index (χ0) is 15.0. The standard InChI is InChI=1S/C15H29N3O2/c1-4-7-18-8-5-14(6-9-18)17-15(20)16-11-12(2)10-13(3)19/h4,12-14,19H,1,5-11H2,2-3H3,(H2,16,17,20). The molecule has 20 heavy (non-hydrogen) atoms. The van der Waals surface area contributed by atoms with Crippen LogP contribution in [-0.4, -0.2) is 54.4 Å². The monoisotopic (exact) mass is 283 g/mol. The minimum atomic E-state index is -0.316. The summed E-state index contributed by atoms with van der Waals surface area (Å²) in [5.74, 6) is 0.287. The van der Waals surface area contributed by atoms with Crippen LogP contribution < -0.4 is 10.6 Å². The highest BCUT2D eigenvalue weighted by molar-refractivity contribution is 5.74. The molecule has 1 aliphatic rings. The lowest BCUT2D eigenvalue weighted by Gasteiger charge is -2.31.